The Labute approximate surface area is 192 Å². The maximum absolute atomic E-state index is 13.3. The molecule has 0 radical (unpaired) electrons. The highest BCUT2D eigenvalue weighted by Gasteiger charge is 2.35. The highest BCUT2D eigenvalue weighted by Crippen LogP contribution is 2.35. The number of anilines is 3. The smallest absolute Gasteiger partial charge is 0.230 e. The molecule has 1 fully saturated rings. The molecule has 0 bridgehead atoms. The minimum atomic E-state index is -0.416. The molecule has 5 rings (SSSR count). The number of hydrogen-bond donors (Lipinski definition) is 2. The van der Waals surface area contributed by atoms with Crippen LogP contribution in [0.4, 0.5) is 17.3 Å². The molecule has 33 heavy (non-hydrogen) atoms. The lowest BCUT2D eigenvalue weighted by Gasteiger charge is -2.35. The van der Waals surface area contributed by atoms with Crippen LogP contribution in [0.15, 0.2) is 55.0 Å². The fraction of sp³-hybridized carbons (Fsp3) is 0.320. The van der Waals surface area contributed by atoms with E-state index in [-0.39, 0.29) is 24.2 Å². The molecule has 8 nitrogen and oxygen atoms in total. The molecule has 1 atom stereocenters. The fourth-order valence-corrected chi connectivity index (χ4v) is 4.62. The zero-order valence-electron chi connectivity index (χ0n) is 18.5. The van der Waals surface area contributed by atoms with E-state index in [1.54, 1.807) is 18.6 Å². The number of fused-ring (bicyclic) bond motifs is 1. The number of rotatable bonds is 4. The number of hydrogen-bond acceptors (Lipinski definition) is 6. The number of pyridine rings is 1. The van der Waals surface area contributed by atoms with Gasteiger partial charge in [-0.25, -0.2) is 9.97 Å². The molecular weight excluding hydrogens is 416 g/mol. The van der Waals surface area contributed by atoms with Crippen molar-refractivity contribution in [2.24, 2.45) is 0 Å². The summed E-state index contributed by atoms with van der Waals surface area (Å²) in [6.45, 7) is 3.28. The van der Waals surface area contributed by atoms with Gasteiger partial charge in [0.1, 0.15) is 11.6 Å². The van der Waals surface area contributed by atoms with Crippen molar-refractivity contribution in [3.05, 3.63) is 71.8 Å². The molecule has 3 aromatic rings. The van der Waals surface area contributed by atoms with Crippen LogP contribution in [0.25, 0.3) is 0 Å². The molecule has 0 saturated carbocycles. The minimum Gasteiger partial charge on any atom is -0.342 e. The van der Waals surface area contributed by atoms with Crippen LogP contribution in [0.5, 0.6) is 0 Å². The van der Waals surface area contributed by atoms with Crippen molar-refractivity contribution in [2.75, 3.05) is 23.7 Å². The summed E-state index contributed by atoms with van der Waals surface area (Å²) in [5.74, 6) is 1.17. The van der Waals surface area contributed by atoms with Crippen molar-refractivity contribution in [2.45, 2.75) is 38.0 Å². The van der Waals surface area contributed by atoms with Crippen molar-refractivity contribution in [1.82, 2.24) is 19.9 Å². The molecule has 2 amide bonds. The second-order valence-electron chi connectivity index (χ2n) is 8.61. The summed E-state index contributed by atoms with van der Waals surface area (Å²) in [5.41, 5.74) is 3.60. The van der Waals surface area contributed by atoms with Crippen LogP contribution in [0.3, 0.4) is 0 Å². The van der Waals surface area contributed by atoms with Gasteiger partial charge in [0.25, 0.3) is 0 Å². The highest BCUT2D eigenvalue weighted by molar-refractivity contribution is 6.01. The van der Waals surface area contributed by atoms with E-state index >= 15 is 0 Å². The Morgan fingerprint density at radius 3 is 2.76 bits per heavy atom. The van der Waals surface area contributed by atoms with Gasteiger partial charge in [0.2, 0.25) is 11.8 Å². The first kappa shape index (κ1) is 21.1. The number of para-hydroxylation sites is 1. The molecule has 2 aromatic heterocycles. The van der Waals surface area contributed by atoms with Gasteiger partial charge in [0.15, 0.2) is 0 Å². The summed E-state index contributed by atoms with van der Waals surface area (Å²) in [7, 11) is 0. The molecule has 1 aromatic carbocycles. The lowest BCUT2D eigenvalue weighted by atomic mass is 9.87. The third-order valence-corrected chi connectivity index (χ3v) is 6.43. The van der Waals surface area contributed by atoms with E-state index in [0.29, 0.717) is 18.9 Å². The maximum Gasteiger partial charge on any atom is 0.230 e. The summed E-state index contributed by atoms with van der Waals surface area (Å²) >= 11 is 0. The molecule has 8 heteroatoms. The second kappa shape index (κ2) is 8.97. The second-order valence-corrected chi connectivity index (χ2v) is 8.61. The number of amides is 2. The molecule has 168 valence electrons. The van der Waals surface area contributed by atoms with Gasteiger partial charge in [-0.05, 0) is 43.0 Å². The van der Waals surface area contributed by atoms with E-state index in [0.717, 1.165) is 41.2 Å². The quantitative estimate of drug-likeness (QED) is 0.638. The van der Waals surface area contributed by atoms with Crippen LogP contribution in [0.1, 0.15) is 47.9 Å². The average molecular weight is 443 g/mol. The average Bonchev–Trinajstić information content (AvgIpc) is 2.85. The van der Waals surface area contributed by atoms with Gasteiger partial charge < -0.3 is 15.5 Å². The van der Waals surface area contributed by atoms with E-state index in [9.17, 15) is 9.59 Å². The number of aromatic nitrogens is 3. The van der Waals surface area contributed by atoms with E-state index in [4.69, 9.17) is 4.98 Å². The molecule has 2 N–H and O–H groups in total. The number of carbonyl (C=O) groups excluding carboxylic acids is 2. The summed E-state index contributed by atoms with van der Waals surface area (Å²) < 4.78 is 0. The van der Waals surface area contributed by atoms with Crippen LogP contribution in [0, 0.1) is 6.92 Å². The maximum atomic E-state index is 13.3. The number of nitrogens with zero attached hydrogens (tertiary/aromatic N) is 4. The van der Waals surface area contributed by atoms with Crippen LogP contribution >= 0.6 is 0 Å². The largest absolute Gasteiger partial charge is 0.342 e. The molecule has 0 spiro atoms. The fourth-order valence-electron chi connectivity index (χ4n) is 4.62. The first-order chi connectivity index (χ1) is 16.1. The molecule has 4 heterocycles. The third-order valence-electron chi connectivity index (χ3n) is 6.43. The van der Waals surface area contributed by atoms with Gasteiger partial charge in [-0.1, -0.05) is 24.3 Å². The zero-order valence-corrected chi connectivity index (χ0v) is 18.5. The molecule has 1 saturated heterocycles. The number of likely N-dealkylation sites (tertiary alicyclic amines) is 1. The number of aryl methyl sites for hydroxylation is 1. The molecule has 0 aliphatic carbocycles. The highest BCUT2D eigenvalue weighted by atomic mass is 16.2. The predicted octanol–water partition coefficient (Wildman–Crippen LogP) is 3.76. The Kier molecular flexibility index (Phi) is 5.73. The Morgan fingerprint density at radius 2 is 1.94 bits per heavy atom. The van der Waals surface area contributed by atoms with E-state index in [1.807, 2.05) is 48.2 Å². The third kappa shape index (κ3) is 4.41. The van der Waals surface area contributed by atoms with Crippen molar-refractivity contribution in [1.29, 1.82) is 0 Å². The van der Waals surface area contributed by atoms with Crippen LogP contribution in [-0.4, -0.2) is 44.8 Å². The van der Waals surface area contributed by atoms with Gasteiger partial charge in [-0.15, -0.1) is 0 Å². The van der Waals surface area contributed by atoms with Gasteiger partial charge in [0.05, 0.1) is 17.8 Å². The van der Waals surface area contributed by atoms with E-state index in [1.165, 1.54) is 0 Å². The molecular formula is C25H26N6O2. The Balaban J connectivity index is 1.25. The number of piperidine rings is 1. The van der Waals surface area contributed by atoms with E-state index < -0.39 is 5.92 Å². The van der Waals surface area contributed by atoms with Gasteiger partial charge >= 0.3 is 0 Å². The minimum absolute atomic E-state index is 0.0304. The predicted molar refractivity (Wildman–Crippen MR) is 125 cm³/mol. The Morgan fingerprint density at radius 1 is 1.12 bits per heavy atom. The summed E-state index contributed by atoms with van der Waals surface area (Å²) in [6, 6.07) is 11.5. The SMILES string of the molecule is Cc1cccnc1Nc1cncc(C2CCN(C(=O)[C@H]3CC(=O)Nc4ccccc43)CC2)n1. The standard InChI is InChI=1S/C25H26N6O2/c1-16-5-4-10-27-24(16)30-22-15-26-14-21(28-22)17-8-11-31(12-9-17)25(33)19-13-23(32)29-20-7-3-2-6-18(19)20/h2-7,10,14-15,17,19H,8-9,11-13H2,1H3,(H,29,32)(H,27,28,30)/t19-/m0/s1. The van der Waals surface area contributed by atoms with E-state index in [2.05, 4.69) is 20.6 Å². The molecule has 2 aliphatic rings. The van der Waals surface area contributed by atoms with Crippen molar-refractivity contribution < 1.29 is 9.59 Å². The first-order valence-corrected chi connectivity index (χ1v) is 11.3. The van der Waals surface area contributed by atoms with Crippen LogP contribution in [0.2, 0.25) is 0 Å². The normalized spacial score (nSPS) is 18.4. The van der Waals surface area contributed by atoms with Gasteiger partial charge in [-0.3, -0.25) is 14.6 Å². The lowest BCUT2D eigenvalue weighted by molar-refractivity contribution is -0.135. The van der Waals surface area contributed by atoms with Crippen molar-refractivity contribution in [3.8, 4) is 0 Å². The Bertz CT molecular complexity index is 1190. The van der Waals surface area contributed by atoms with Gasteiger partial charge in [0, 0.05) is 43.5 Å². The first-order valence-electron chi connectivity index (χ1n) is 11.3. The van der Waals surface area contributed by atoms with Crippen LogP contribution in [-0.2, 0) is 9.59 Å². The summed E-state index contributed by atoms with van der Waals surface area (Å²) in [6.07, 6.45) is 7.07. The topological polar surface area (TPSA) is 100 Å². The molecule has 2 aliphatic heterocycles. The summed E-state index contributed by atoms with van der Waals surface area (Å²) in [4.78, 5) is 40.8. The monoisotopic (exact) mass is 442 g/mol. The van der Waals surface area contributed by atoms with Crippen molar-refractivity contribution >= 4 is 29.1 Å². The van der Waals surface area contributed by atoms with Crippen LogP contribution < -0.4 is 10.6 Å². The number of nitrogens with one attached hydrogen (secondary N) is 2. The lowest BCUT2D eigenvalue weighted by Crippen LogP contribution is -2.42. The van der Waals surface area contributed by atoms with Crippen molar-refractivity contribution in [3.63, 3.8) is 0 Å². The Hall–Kier alpha value is -3.81. The summed E-state index contributed by atoms with van der Waals surface area (Å²) in [5, 5.41) is 6.12. The van der Waals surface area contributed by atoms with Gasteiger partial charge in [-0.2, -0.15) is 0 Å². The number of carbonyl (C=O) groups is 2. The number of benzene rings is 1. The molecule has 0 unspecified atom stereocenters. The zero-order chi connectivity index (χ0) is 22.8.